The molecule has 1 aromatic heterocycles. The highest BCUT2D eigenvalue weighted by Gasteiger charge is 2.27. The maximum Gasteiger partial charge on any atom is 0.405 e. The van der Waals surface area contributed by atoms with Gasteiger partial charge in [-0.25, -0.2) is 9.97 Å². The third-order valence-corrected chi connectivity index (χ3v) is 2.11. The maximum absolute atomic E-state index is 11.8. The summed E-state index contributed by atoms with van der Waals surface area (Å²) in [7, 11) is 1.53. The molecule has 1 heterocycles. The SMILES string of the molecule is CN(CC(=O)OCC(=O)NCC(F)(F)F)c1ncccn1. The van der Waals surface area contributed by atoms with Gasteiger partial charge in [0.05, 0.1) is 0 Å². The Morgan fingerprint density at radius 3 is 2.52 bits per heavy atom. The van der Waals surface area contributed by atoms with E-state index in [0.29, 0.717) is 0 Å². The number of anilines is 1. The van der Waals surface area contributed by atoms with Crippen molar-refractivity contribution in [1.29, 1.82) is 0 Å². The molecule has 0 bridgehead atoms. The van der Waals surface area contributed by atoms with Gasteiger partial charge in [0, 0.05) is 19.4 Å². The van der Waals surface area contributed by atoms with Gasteiger partial charge in [-0.15, -0.1) is 0 Å². The fraction of sp³-hybridized carbons (Fsp3) is 0.455. The highest BCUT2D eigenvalue weighted by Crippen LogP contribution is 2.11. The van der Waals surface area contributed by atoms with Crippen molar-refractivity contribution in [3.63, 3.8) is 0 Å². The molecule has 0 aliphatic rings. The van der Waals surface area contributed by atoms with E-state index in [-0.39, 0.29) is 12.5 Å². The molecule has 0 spiro atoms. The zero-order valence-electron chi connectivity index (χ0n) is 11.1. The Morgan fingerprint density at radius 2 is 1.95 bits per heavy atom. The number of aromatic nitrogens is 2. The first-order chi connectivity index (χ1) is 9.78. The number of nitrogens with zero attached hydrogens (tertiary/aromatic N) is 3. The van der Waals surface area contributed by atoms with Crippen LogP contribution in [0, 0.1) is 0 Å². The topological polar surface area (TPSA) is 84.4 Å². The summed E-state index contributed by atoms with van der Waals surface area (Å²) in [5, 5.41) is 1.58. The normalized spacial score (nSPS) is 10.9. The van der Waals surface area contributed by atoms with Crippen molar-refractivity contribution in [3.8, 4) is 0 Å². The molecule has 0 radical (unpaired) electrons. The van der Waals surface area contributed by atoms with Gasteiger partial charge in [-0.3, -0.25) is 9.59 Å². The number of carbonyl (C=O) groups is 2. The minimum absolute atomic E-state index is 0.240. The van der Waals surface area contributed by atoms with E-state index in [2.05, 4.69) is 14.7 Å². The van der Waals surface area contributed by atoms with Gasteiger partial charge < -0.3 is 15.0 Å². The highest BCUT2D eigenvalue weighted by atomic mass is 19.4. The molecule has 1 amide bonds. The van der Waals surface area contributed by atoms with Crippen molar-refractivity contribution < 1.29 is 27.5 Å². The Labute approximate surface area is 118 Å². The summed E-state index contributed by atoms with van der Waals surface area (Å²) in [6.07, 6.45) is -1.55. The van der Waals surface area contributed by atoms with Gasteiger partial charge in [0.1, 0.15) is 13.1 Å². The minimum atomic E-state index is -4.51. The number of likely N-dealkylation sites (N-methyl/N-ethyl adjacent to an activating group) is 1. The van der Waals surface area contributed by atoms with E-state index >= 15 is 0 Å². The lowest BCUT2D eigenvalue weighted by molar-refractivity contribution is -0.150. The monoisotopic (exact) mass is 306 g/mol. The predicted molar refractivity (Wildman–Crippen MR) is 65.3 cm³/mol. The van der Waals surface area contributed by atoms with E-state index in [1.165, 1.54) is 24.3 Å². The Bertz CT molecular complexity index is 481. The lowest BCUT2D eigenvalue weighted by atomic mass is 10.5. The number of hydrogen-bond donors (Lipinski definition) is 1. The molecule has 1 rings (SSSR count). The largest absolute Gasteiger partial charge is 0.454 e. The zero-order chi connectivity index (χ0) is 15.9. The van der Waals surface area contributed by atoms with E-state index in [0.717, 1.165) is 0 Å². The van der Waals surface area contributed by atoms with Crippen LogP contribution in [-0.2, 0) is 14.3 Å². The van der Waals surface area contributed by atoms with Gasteiger partial charge in [0.2, 0.25) is 5.95 Å². The standard InChI is InChI=1S/C11H13F3N4O3/c1-18(10-15-3-2-4-16-10)5-9(20)21-6-8(19)17-7-11(12,13)14/h2-4H,5-7H2,1H3,(H,17,19). The highest BCUT2D eigenvalue weighted by molar-refractivity contribution is 5.81. The molecule has 10 heteroatoms. The van der Waals surface area contributed by atoms with Crippen LogP contribution in [-0.4, -0.2) is 54.8 Å². The molecular weight excluding hydrogens is 293 g/mol. The third kappa shape index (κ3) is 7.09. The minimum Gasteiger partial charge on any atom is -0.454 e. The van der Waals surface area contributed by atoms with Crippen molar-refractivity contribution in [2.75, 3.05) is 31.6 Å². The average molecular weight is 306 g/mol. The summed E-state index contributed by atoms with van der Waals surface area (Å²) >= 11 is 0. The van der Waals surface area contributed by atoms with Gasteiger partial charge in [0.15, 0.2) is 6.61 Å². The summed E-state index contributed by atoms with van der Waals surface area (Å²) in [6.45, 7) is -2.49. The first kappa shape index (κ1) is 16.7. The molecule has 21 heavy (non-hydrogen) atoms. The molecule has 1 aromatic rings. The predicted octanol–water partition coefficient (Wildman–Crippen LogP) is 0.134. The first-order valence-corrected chi connectivity index (χ1v) is 5.75. The van der Waals surface area contributed by atoms with Gasteiger partial charge in [-0.2, -0.15) is 13.2 Å². The van der Waals surface area contributed by atoms with Gasteiger partial charge in [0.25, 0.3) is 5.91 Å². The molecule has 0 saturated heterocycles. The van der Waals surface area contributed by atoms with Gasteiger partial charge in [-0.05, 0) is 6.07 Å². The van der Waals surface area contributed by atoms with E-state index < -0.39 is 31.2 Å². The second-order valence-electron chi connectivity index (χ2n) is 3.96. The van der Waals surface area contributed by atoms with Crippen LogP contribution in [0.5, 0.6) is 0 Å². The van der Waals surface area contributed by atoms with E-state index in [1.807, 2.05) is 0 Å². The molecule has 0 unspecified atom stereocenters. The Hall–Kier alpha value is -2.39. The van der Waals surface area contributed by atoms with Crippen molar-refractivity contribution in [3.05, 3.63) is 18.5 Å². The first-order valence-electron chi connectivity index (χ1n) is 5.75. The van der Waals surface area contributed by atoms with Gasteiger partial charge >= 0.3 is 12.1 Å². The van der Waals surface area contributed by atoms with Crippen LogP contribution in [0.3, 0.4) is 0 Å². The number of alkyl halides is 3. The van der Waals surface area contributed by atoms with E-state index in [9.17, 15) is 22.8 Å². The van der Waals surface area contributed by atoms with Crippen molar-refractivity contribution in [2.24, 2.45) is 0 Å². The van der Waals surface area contributed by atoms with E-state index in [4.69, 9.17) is 0 Å². The lowest BCUT2D eigenvalue weighted by Gasteiger charge is -2.15. The van der Waals surface area contributed by atoms with Crippen molar-refractivity contribution in [2.45, 2.75) is 6.18 Å². The number of amides is 1. The molecule has 0 atom stereocenters. The zero-order valence-corrected chi connectivity index (χ0v) is 11.1. The average Bonchev–Trinajstić information content (AvgIpc) is 2.43. The number of carbonyl (C=O) groups excluding carboxylic acids is 2. The lowest BCUT2D eigenvalue weighted by Crippen LogP contribution is -2.37. The smallest absolute Gasteiger partial charge is 0.405 e. The second kappa shape index (κ2) is 7.41. The molecule has 0 aromatic carbocycles. The fourth-order valence-corrected chi connectivity index (χ4v) is 1.19. The Morgan fingerprint density at radius 1 is 1.33 bits per heavy atom. The molecule has 0 aliphatic heterocycles. The van der Waals surface area contributed by atoms with Crippen LogP contribution in [0.25, 0.3) is 0 Å². The molecule has 1 N–H and O–H groups in total. The molecule has 0 fully saturated rings. The quantitative estimate of drug-likeness (QED) is 0.752. The second-order valence-corrected chi connectivity index (χ2v) is 3.96. The fourth-order valence-electron chi connectivity index (χ4n) is 1.19. The Balaban J connectivity index is 2.29. The molecule has 0 aliphatic carbocycles. The van der Waals surface area contributed by atoms with Crippen molar-refractivity contribution in [1.82, 2.24) is 15.3 Å². The van der Waals surface area contributed by atoms with Crippen LogP contribution >= 0.6 is 0 Å². The molecular formula is C11H13F3N4O3. The molecule has 116 valence electrons. The van der Waals surface area contributed by atoms with Crippen LogP contribution in [0.15, 0.2) is 18.5 Å². The molecule has 7 nitrogen and oxygen atoms in total. The van der Waals surface area contributed by atoms with Crippen LogP contribution < -0.4 is 10.2 Å². The van der Waals surface area contributed by atoms with Crippen LogP contribution in [0.1, 0.15) is 0 Å². The number of rotatable bonds is 6. The third-order valence-electron chi connectivity index (χ3n) is 2.11. The number of hydrogen-bond acceptors (Lipinski definition) is 6. The van der Waals surface area contributed by atoms with Gasteiger partial charge in [-0.1, -0.05) is 0 Å². The summed E-state index contributed by atoms with van der Waals surface area (Å²) in [4.78, 5) is 31.6. The number of ether oxygens (including phenoxy) is 1. The Kier molecular flexibility index (Phi) is 5.88. The number of nitrogens with one attached hydrogen (secondary N) is 1. The maximum atomic E-state index is 11.8. The number of esters is 1. The summed E-state index contributed by atoms with van der Waals surface area (Å²) in [6, 6.07) is 1.60. The van der Waals surface area contributed by atoms with Crippen molar-refractivity contribution >= 4 is 17.8 Å². The summed E-state index contributed by atoms with van der Waals surface area (Å²) in [5.41, 5.74) is 0. The summed E-state index contributed by atoms with van der Waals surface area (Å²) < 4.78 is 40.0. The number of halogens is 3. The van der Waals surface area contributed by atoms with Crippen LogP contribution in [0.4, 0.5) is 19.1 Å². The molecule has 0 saturated carbocycles. The van der Waals surface area contributed by atoms with Crippen LogP contribution in [0.2, 0.25) is 0 Å². The van der Waals surface area contributed by atoms with E-state index in [1.54, 1.807) is 11.4 Å². The summed E-state index contributed by atoms with van der Waals surface area (Å²) in [5.74, 6) is -1.54.